The highest BCUT2D eigenvalue weighted by Gasteiger charge is 2.27. The van der Waals surface area contributed by atoms with Gasteiger partial charge >= 0.3 is 0 Å². The fraction of sp³-hybridized carbons (Fsp3) is 0.364. The van der Waals surface area contributed by atoms with Crippen LogP contribution in [0.4, 0.5) is 0 Å². The summed E-state index contributed by atoms with van der Waals surface area (Å²) in [5.74, 6) is 0.0466. The molecule has 0 aliphatic heterocycles. The van der Waals surface area contributed by atoms with E-state index in [2.05, 4.69) is 11.4 Å². The molecule has 0 atom stereocenters. The molecule has 1 aliphatic carbocycles. The molecule has 0 spiro atoms. The first kappa shape index (κ1) is 10.3. The summed E-state index contributed by atoms with van der Waals surface area (Å²) in [6.07, 6.45) is 1.82. The van der Waals surface area contributed by atoms with E-state index in [1.54, 1.807) is 22.7 Å². The Bertz CT molecular complexity index is 496. The lowest BCUT2D eigenvalue weighted by Crippen LogP contribution is -2.50. The van der Waals surface area contributed by atoms with Gasteiger partial charge in [-0.25, -0.2) is 0 Å². The third kappa shape index (κ3) is 1.75. The molecular formula is C11H12N2OS2. The zero-order valence-corrected chi connectivity index (χ0v) is 10.2. The van der Waals surface area contributed by atoms with Crippen molar-refractivity contribution in [3.63, 3.8) is 0 Å². The zero-order valence-electron chi connectivity index (χ0n) is 8.60. The Labute approximate surface area is 101 Å². The maximum atomic E-state index is 11.9. The smallest absolute Gasteiger partial charge is 0.261 e. The minimum Gasteiger partial charge on any atom is -0.348 e. The minimum absolute atomic E-state index is 0.0466. The Balaban J connectivity index is 1.72. The summed E-state index contributed by atoms with van der Waals surface area (Å²) in [6, 6.07) is 4.58. The van der Waals surface area contributed by atoms with Crippen LogP contribution in [0, 0.1) is 0 Å². The Morgan fingerprint density at radius 2 is 2.25 bits per heavy atom. The number of hydrogen-bond acceptors (Lipinski definition) is 4. The fourth-order valence-electron chi connectivity index (χ4n) is 1.91. The molecule has 2 aromatic heterocycles. The van der Waals surface area contributed by atoms with Crippen LogP contribution in [0.3, 0.4) is 0 Å². The van der Waals surface area contributed by atoms with Crippen LogP contribution in [-0.4, -0.2) is 18.0 Å². The largest absolute Gasteiger partial charge is 0.348 e. The lowest BCUT2D eigenvalue weighted by molar-refractivity contribution is 0.0914. The van der Waals surface area contributed by atoms with Crippen molar-refractivity contribution in [2.24, 2.45) is 5.73 Å². The molecule has 1 aliphatic rings. The van der Waals surface area contributed by atoms with Crippen LogP contribution in [0.1, 0.15) is 22.5 Å². The number of thiophene rings is 2. The van der Waals surface area contributed by atoms with E-state index in [0.717, 1.165) is 17.7 Å². The predicted molar refractivity (Wildman–Crippen MR) is 68.2 cm³/mol. The number of carbonyl (C=O) groups excluding carboxylic acids is 1. The summed E-state index contributed by atoms with van der Waals surface area (Å²) in [4.78, 5) is 12.7. The summed E-state index contributed by atoms with van der Waals surface area (Å²) in [5, 5.41) is 5.06. The van der Waals surface area contributed by atoms with Crippen molar-refractivity contribution < 1.29 is 4.79 Å². The molecule has 2 heterocycles. The highest BCUT2D eigenvalue weighted by molar-refractivity contribution is 7.27. The number of fused-ring (bicyclic) bond motifs is 1. The van der Waals surface area contributed by atoms with Crippen LogP contribution in [0.15, 0.2) is 17.5 Å². The van der Waals surface area contributed by atoms with Gasteiger partial charge in [-0.1, -0.05) is 0 Å². The van der Waals surface area contributed by atoms with Gasteiger partial charge in [0.1, 0.15) is 0 Å². The van der Waals surface area contributed by atoms with Crippen molar-refractivity contribution >= 4 is 38.0 Å². The third-order valence-electron chi connectivity index (χ3n) is 2.87. The van der Waals surface area contributed by atoms with Crippen molar-refractivity contribution in [1.29, 1.82) is 0 Å². The molecule has 0 radical (unpaired) electrons. The molecule has 0 bridgehead atoms. The quantitative estimate of drug-likeness (QED) is 0.860. The monoisotopic (exact) mass is 252 g/mol. The minimum atomic E-state index is 0.0466. The van der Waals surface area contributed by atoms with Crippen molar-refractivity contribution in [3.8, 4) is 0 Å². The number of amides is 1. The summed E-state index contributed by atoms with van der Waals surface area (Å²) in [6.45, 7) is 0. The van der Waals surface area contributed by atoms with Gasteiger partial charge in [0.05, 0.1) is 4.88 Å². The fourth-order valence-corrected chi connectivity index (χ4v) is 3.93. The van der Waals surface area contributed by atoms with Gasteiger partial charge in [0.15, 0.2) is 0 Å². The SMILES string of the molecule is NC1CC(NC(=O)c2cc3sccc3s2)C1. The first-order chi connectivity index (χ1) is 7.72. The highest BCUT2D eigenvalue weighted by atomic mass is 32.1. The molecule has 0 saturated heterocycles. The van der Waals surface area contributed by atoms with E-state index in [4.69, 9.17) is 5.73 Å². The summed E-state index contributed by atoms with van der Waals surface area (Å²) in [5.41, 5.74) is 5.68. The van der Waals surface area contributed by atoms with Crippen LogP contribution in [0.5, 0.6) is 0 Å². The second-order valence-electron chi connectivity index (χ2n) is 4.16. The zero-order chi connectivity index (χ0) is 11.1. The van der Waals surface area contributed by atoms with Gasteiger partial charge in [-0.3, -0.25) is 4.79 Å². The summed E-state index contributed by atoms with van der Waals surface area (Å²) >= 11 is 3.23. The van der Waals surface area contributed by atoms with Gasteiger partial charge in [0.25, 0.3) is 5.91 Å². The Morgan fingerprint density at radius 1 is 1.44 bits per heavy atom. The molecule has 0 aromatic carbocycles. The van der Waals surface area contributed by atoms with Crippen LogP contribution in [0.2, 0.25) is 0 Å². The van der Waals surface area contributed by atoms with Gasteiger partial charge < -0.3 is 11.1 Å². The topological polar surface area (TPSA) is 55.1 Å². The average Bonchev–Trinajstić information content (AvgIpc) is 2.73. The molecule has 1 saturated carbocycles. The number of nitrogens with one attached hydrogen (secondary N) is 1. The molecular weight excluding hydrogens is 240 g/mol. The molecule has 3 rings (SSSR count). The Hall–Kier alpha value is -0.910. The molecule has 1 amide bonds. The van der Waals surface area contributed by atoms with E-state index in [-0.39, 0.29) is 18.0 Å². The first-order valence-electron chi connectivity index (χ1n) is 5.26. The molecule has 5 heteroatoms. The van der Waals surface area contributed by atoms with Gasteiger partial charge in [0, 0.05) is 21.5 Å². The predicted octanol–water partition coefficient (Wildman–Crippen LogP) is 2.18. The number of hydrogen-bond donors (Lipinski definition) is 2. The summed E-state index contributed by atoms with van der Waals surface area (Å²) < 4.78 is 2.39. The molecule has 3 N–H and O–H groups in total. The van der Waals surface area contributed by atoms with Crippen LogP contribution < -0.4 is 11.1 Å². The lowest BCUT2D eigenvalue weighted by atomic mass is 9.87. The Kier molecular flexibility index (Phi) is 2.46. The average molecular weight is 252 g/mol. The van der Waals surface area contributed by atoms with E-state index in [1.807, 2.05) is 11.4 Å². The normalized spacial score (nSPS) is 24.3. The number of nitrogens with two attached hydrogens (primary N) is 1. The highest BCUT2D eigenvalue weighted by Crippen LogP contribution is 2.30. The van der Waals surface area contributed by atoms with E-state index in [9.17, 15) is 4.79 Å². The van der Waals surface area contributed by atoms with Gasteiger partial charge in [-0.2, -0.15) is 0 Å². The van der Waals surface area contributed by atoms with Crippen molar-refractivity contribution in [3.05, 3.63) is 22.4 Å². The van der Waals surface area contributed by atoms with E-state index in [1.165, 1.54) is 9.40 Å². The second kappa shape index (κ2) is 3.84. The van der Waals surface area contributed by atoms with Crippen LogP contribution in [0.25, 0.3) is 9.40 Å². The standard InChI is InChI=1S/C11H12N2OS2/c12-6-3-7(4-6)13-11(14)10-5-9-8(16-10)1-2-15-9/h1-2,5-7H,3-4,12H2,(H,13,14). The van der Waals surface area contributed by atoms with Gasteiger partial charge in [-0.05, 0) is 30.4 Å². The molecule has 84 valence electrons. The maximum absolute atomic E-state index is 11.9. The van der Waals surface area contributed by atoms with Crippen LogP contribution in [-0.2, 0) is 0 Å². The van der Waals surface area contributed by atoms with Gasteiger partial charge in [-0.15, -0.1) is 22.7 Å². The van der Waals surface area contributed by atoms with Gasteiger partial charge in [0.2, 0.25) is 0 Å². The second-order valence-corrected chi connectivity index (χ2v) is 6.19. The van der Waals surface area contributed by atoms with Crippen molar-refractivity contribution in [2.45, 2.75) is 24.9 Å². The van der Waals surface area contributed by atoms with Crippen LogP contribution >= 0.6 is 22.7 Å². The summed E-state index contributed by atoms with van der Waals surface area (Å²) in [7, 11) is 0. The molecule has 2 aromatic rings. The Morgan fingerprint density at radius 3 is 2.94 bits per heavy atom. The molecule has 0 unspecified atom stereocenters. The van der Waals surface area contributed by atoms with E-state index >= 15 is 0 Å². The maximum Gasteiger partial charge on any atom is 0.261 e. The molecule has 3 nitrogen and oxygen atoms in total. The van der Waals surface area contributed by atoms with E-state index < -0.39 is 0 Å². The van der Waals surface area contributed by atoms with Crippen molar-refractivity contribution in [2.75, 3.05) is 0 Å². The van der Waals surface area contributed by atoms with E-state index in [0.29, 0.717) is 0 Å². The third-order valence-corrected chi connectivity index (χ3v) is 4.97. The first-order valence-corrected chi connectivity index (χ1v) is 6.95. The molecule has 1 fully saturated rings. The number of carbonyl (C=O) groups is 1. The number of rotatable bonds is 2. The van der Waals surface area contributed by atoms with Crippen molar-refractivity contribution in [1.82, 2.24) is 5.32 Å². The molecule has 16 heavy (non-hydrogen) atoms. The lowest BCUT2D eigenvalue weighted by Gasteiger charge is -2.32.